The molecule has 2 amide bonds. The number of carbonyl (C=O) groups is 1. The first-order valence-corrected chi connectivity index (χ1v) is 10.1. The molecule has 0 bridgehead atoms. The van der Waals surface area contributed by atoms with Crippen molar-refractivity contribution in [3.8, 4) is 0 Å². The molecule has 0 aromatic heterocycles. The van der Waals surface area contributed by atoms with Crippen molar-refractivity contribution in [1.29, 1.82) is 0 Å². The molecule has 0 saturated carbocycles. The third kappa shape index (κ3) is 6.28. The number of amides is 2. The van der Waals surface area contributed by atoms with Crippen LogP contribution in [0.2, 0.25) is 0 Å². The summed E-state index contributed by atoms with van der Waals surface area (Å²) in [5.41, 5.74) is 0. The van der Waals surface area contributed by atoms with Crippen molar-refractivity contribution in [3.05, 3.63) is 30.1 Å². The SMILES string of the molecule is CN(CC[C@H]1CCCCO1)C(=O)NCCS(=O)(=O)c1ccc(F)cc1. The molecule has 2 rings (SSSR count). The standard InChI is InChI=1S/C17H25FN2O4S/c1-20(11-9-15-4-2-3-12-24-15)17(21)19-10-13-25(22,23)16-7-5-14(18)6-8-16/h5-8,15H,2-4,9-13H2,1H3,(H,19,21)/t15-/m1/s1. The van der Waals surface area contributed by atoms with Gasteiger partial charge in [0.1, 0.15) is 5.82 Å². The lowest BCUT2D eigenvalue weighted by molar-refractivity contribution is 0.00829. The van der Waals surface area contributed by atoms with Crippen LogP contribution in [-0.4, -0.2) is 57.9 Å². The first-order valence-electron chi connectivity index (χ1n) is 8.47. The number of carbonyl (C=O) groups excluding carboxylic acids is 1. The molecule has 1 fully saturated rings. The van der Waals surface area contributed by atoms with Crippen molar-refractivity contribution >= 4 is 15.9 Å². The van der Waals surface area contributed by atoms with Crippen molar-refractivity contribution < 1.29 is 22.3 Å². The summed E-state index contributed by atoms with van der Waals surface area (Å²) in [6.45, 7) is 1.34. The summed E-state index contributed by atoms with van der Waals surface area (Å²) in [5, 5.41) is 2.60. The van der Waals surface area contributed by atoms with Crippen LogP contribution in [0, 0.1) is 5.82 Å². The zero-order valence-corrected chi connectivity index (χ0v) is 15.2. The molecule has 140 valence electrons. The third-order valence-electron chi connectivity index (χ3n) is 4.23. The van der Waals surface area contributed by atoms with E-state index in [1.807, 2.05) is 0 Å². The minimum Gasteiger partial charge on any atom is -0.378 e. The molecule has 0 radical (unpaired) electrons. The van der Waals surface area contributed by atoms with E-state index >= 15 is 0 Å². The van der Waals surface area contributed by atoms with Crippen molar-refractivity contribution in [2.24, 2.45) is 0 Å². The molecule has 1 N–H and O–H groups in total. The smallest absolute Gasteiger partial charge is 0.317 e. The zero-order valence-electron chi connectivity index (χ0n) is 14.4. The third-order valence-corrected chi connectivity index (χ3v) is 5.96. The number of nitrogens with one attached hydrogen (secondary N) is 1. The maximum Gasteiger partial charge on any atom is 0.317 e. The summed E-state index contributed by atoms with van der Waals surface area (Å²) in [6.07, 6.45) is 4.24. The molecule has 1 atom stereocenters. The van der Waals surface area contributed by atoms with Crippen LogP contribution in [0.3, 0.4) is 0 Å². The Bertz CT molecular complexity index is 658. The minimum absolute atomic E-state index is 0.00279. The van der Waals surface area contributed by atoms with E-state index < -0.39 is 15.7 Å². The van der Waals surface area contributed by atoms with Crippen molar-refractivity contribution in [2.75, 3.05) is 32.5 Å². The predicted molar refractivity (Wildman–Crippen MR) is 92.7 cm³/mol. The number of sulfone groups is 1. The van der Waals surface area contributed by atoms with Gasteiger partial charge in [-0.25, -0.2) is 17.6 Å². The normalized spacial score (nSPS) is 17.9. The molecule has 0 spiro atoms. The van der Waals surface area contributed by atoms with Crippen molar-refractivity contribution in [3.63, 3.8) is 0 Å². The highest BCUT2D eigenvalue weighted by Gasteiger charge is 2.18. The van der Waals surface area contributed by atoms with E-state index in [1.54, 1.807) is 7.05 Å². The van der Waals surface area contributed by atoms with Gasteiger partial charge in [-0.05, 0) is 49.9 Å². The van der Waals surface area contributed by atoms with Gasteiger partial charge in [-0.3, -0.25) is 0 Å². The average molecular weight is 372 g/mol. The van der Waals surface area contributed by atoms with Crippen LogP contribution in [0.4, 0.5) is 9.18 Å². The molecule has 8 heteroatoms. The van der Waals surface area contributed by atoms with E-state index in [4.69, 9.17) is 4.74 Å². The van der Waals surface area contributed by atoms with E-state index in [-0.39, 0.29) is 29.3 Å². The molecule has 1 heterocycles. The van der Waals surface area contributed by atoms with Gasteiger partial charge in [-0.2, -0.15) is 0 Å². The quantitative estimate of drug-likeness (QED) is 0.745. The van der Waals surface area contributed by atoms with Crippen LogP contribution in [-0.2, 0) is 14.6 Å². The van der Waals surface area contributed by atoms with Crippen LogP contribution >= 0.6 is 0 Å². The van der Waals surface area contributed by atoms with Gasteiger partial charge in [0.05, 0.1) is 16.8 Å². The highest BCUT2D eigenvalue weighted by atomic mass is 32.2. The fraction of sp³-hybridized carbons (Fsp3) is 0.588. The Morgan fingerprint density at radius 3 is 2.68 bits per heavy atom. The summed E-state index contributed by atoms with van der Waals surface area (Å²) in [7, 11) is -1.87. The molecule has 1 aromatic carbocycles. The Kier molecular flexibility index (Phi) is 7.19. The van der Waals surface area contributed by atoms with E-state index in [2.05, 4.69) is 5.32 Å². The number of hydrogen-bond acceptors (Lipinski definition) is 4. The van der Waals surface area contributed by atoms with Gasteiger partial charge >= 0.3 is 6.03 Å². The molecule has 0 aliphatic carbocycles. The Labute approximate surface area is 148 Å². The number of rotatable bonds is 7. The molecule has 1 aliphatic heterocycles. The zero-order chi connectivity index (χ0) is 18.3. The van der Waals surface area contributed by atoms with E-state index in [9.17, 15) is 17.6 Å². The lowest BCUT2D eigenvalue weighted by atomic mass is 10.1. The van der Waals surface area contributed by atoms with E-state index in [0.717, 1.165) is 44.4 Å². The second kappa shape index (κ2) is 9.15. The first-order chi connectivity index (χ1) is 11.9. The van der Waals surface area contributed by atoms with Crippen LogP contribution in [0.1, 0.15) is 25.7 Å². The van der Waals surface area contributed by atoms with E-state index in [1.165, 1.54) is 17.0 Å². The summed E-state index contributed by atoms with van der Waals surface area (Å²) in [5.74, 6) is -0.722. The van der Waals surface area contributed by atoms with Gasteiger partial charge in [0.15, 0.2) is 9.84 Å². The molecule has 6 nitrogen and oxygen atoms in total. The van der Waals surface area contributed by atoms with Gasteiger partial charge in [0.2, 0.25) is 0 Å². The molecule has 1 saturated heterocycles. The molecular formula is C17H25FN2O4S. The second-order valence-electron chi connectivity index (χ2n) is 6.20. The molecule has 1 aliphatic rings. The Morgan fingerprint density at radius 2 is 2.04 bits per heavy atom. The van der Waals surface area contributed by atoms with Crippen LogP contribution in [0.25, 0.3) is 0 Å². The number of ether oxygens (including phenoxy) is 1. The van der Waals surface area contributed by atoms with Crippen LogP contribution in [0.5, 0.6) is 0 Å². The largest absolute Gasteiger partial charge is 0.378 e. The topological polar surface area (TPSA) is 75.7 Å². The fourth-order valence-corrected chi connectivity index (χ4v) is 3.82. The molecule has 25 heavy (non-hydrogen) atoms. The van der Waals surface area contributed by atoms with Crippen molar-refractivity contribution in [2.45, 2.75) is 36.7 Å². The monoisotopic (exact) mass is 372 g/mol. The number of hydrogen-bond donors (Lipinski definition) is 1. The maximum atomic E-state index is 12.9. The second-order valence-corrected chi connectivity index (χ2v) is 8.31. The summed E-state index contributed by atoms with van der Waals surface area (Å²) in [4.78, 5) is 13.6. The molecule has 0 unspecified atom stereocenters. The summed E-state index contributed by atoms with van der Waals surface area (Å²) < 4.78 is 42.7. The Hall–Kier alpha value is -1.67. The number of nitrogens with zero attached hydrogens (tertiary/aromatic N) is 1. The lowest BCUT2D eigenvalue weighted by Gasteiger charge is -2.25. The van der Waals surface area contributed by atoms with E-state index in [0.29, 0.717) is 6.54 Å². The number of benzene rings is 1. The number of urea groups is 1. The highest BCUT2D eigenvalue weighted by molar-refractivity contribution is 7.91. The van der Waals surface area contributed by atoms with Crippen molar-refractivity contribution in [1.82, 2.24) is 10.2 Å². The van der Waals surface area contributed by atoms with Gasteiger partial charge < -0.3 is 15.0 Å². The average Bonchev–Trinajstić information content (AvgIpc) is 2.60. The summed E-state index contributed by atoms with van der Waals surface area (Å²) in [6, 6.07) is 4.34. The maximum absolute atomic E-state index is 12.9. The van der Waals surface area contributed by atoms with Gasteiger partial charge in [0, 0.05) is 26.7 Å². The van der Waals surface area contributed by atoms with Gasteiger partial charge in [0.25, 0.3) is 0 Å². The van der Waals surface area contributed by atoms with Crippen LogP contribution < -0.4 is 5.32 Å². The predicted octanol–water partition coefficient (Wildman–Crippen LogP) is 2.20. The minimum atomic E-state index is -3.55. The van der Waals surface area contributed by atoms with Gasteiger partial charge in [-0.15, -0.1) is 0 Å². The summed E-state index contributed by atoms with van der Waals surface area (Å²) >= 11 is 0. The molecule has 1 aromatic rings. The number of halogens is 1. The lowest BCUT2D eigenvalue weighted by Crippen LogP contribution is -2.40. The highest BCUT2D eigenvalue weighted by Crippen LogP contribution is 2.15. The Balaban J connectivity index is 1.72. The van der Waals surface area contributed by atoms with Gasteiger partial charge in [-0.1, -0.05) is 0 Å². The first kappa shape index (κ1) is 19.7. The Morgan fingerprint density at radius 1 is 1.32 bits per heavy atom. The molecular weight excluding hydrogens is 347 g/mol. The van der Waals surface area contributed by atoms with Crippen LogP contribution in [0.15, 0.2) is 29.2 Å². The fourth-order valence-electron chi connectivity index (χ4n) is 2.66.